The number of ether oxygens (including phenoxy) is 1. The fourth-order valence-electron chi connectivity index (χ4n) is 2.70. The number of benzene rings is 1. The van der Waals surface area contributed by atoms with Gasteiger partial charge in [0.1, 0.15) is 30.6 Å². The Bertz CT molecular complexity index is 863. The third kappa shape index (κ3) is 3.49. The number of carbonyl (C=O) groups is 1. The molecular weight excluding hydrogens is 325 g/mol. The van der Waals surface area contributed by atoms with Gasteiger partial charge in [0.2, 0.25) is 5.91 Å². The van der Waals surface area contributed by atoms with Gasteiger partial charge in [-0.2, -0.15) is 10.5 Å². The highest BCUT2D eigenvalue weighted by Crippen LogP contribution is 2.22. The number of morpholine rings is 1. The van der Waals surface area contributed by atoms with Gasteiger partial charge in [-0.25, -0.2) is 9.37 Å². The summed E-state index contributed by atoms with van der Waals surface area (Å²) in [5.74, 6) is -0.529. The number of aromatic nitrogens is 2. The van der Waals surface area contributed by atoms with E-state index in [2.05, 4.69) is 4.98 Å². The SMILES string of the molecule is N#Cc1ncn(CC(=O)N2CCO[C@@H](c3ccc(F)cc3)C2)c1C#N. The molecule has 1 aliphatic rings. The fraction of sp³-hybridized carbons (Fsp3) is 0.294. The van der Waals surface area contributed by atoms with E-state index in [0.717, 1.165) is 5.56 Å². The third-order valence-electron chi connectivity index (χ3n) is 4.02. The Kier molecular flexibility index (Phi) is 4.73. The molecule has 1 amide bonds. The minimum absolute atomic E-state index is 0.00136. The van der Waals surface area contributed by atoms with Crippen LogP contribution in [0.3, 0.4) is 0 Å². The van der Waals surface area contributed by atoms with Crippen LogP contribution >= 0.6 is 0 Å². The molecule has 1 aromatic carbocycles. The summed E-state index contributed by atoms with van der Waals surface area (Å²) >= 11 is 0. The van der Waals surface area contributed by atoms with Crippen LogP contribution in [-0.2, 0) is 16.1 Å². The van der Waals surface area contributed by atoms with Gasteiger partial charge in [-0.1, -0.05) is 12.1 Å². The van der Waals surface area contributed by atoms with Crippen LogP contribution in [0, 0.1) is 28.5 Å². The van der Waals surface area contributed by atoms with Crippen LogP contribution < -0.4 is 0 Å². The van der Waals surface area contributed by atoms with E-state index >= 15 is 0 Å². The number of carbonyl (C=O) groups excluding carboxylic acids is 1. The molecule has 2 aromatic rings. The Morgan fingerprint density at radius 3 is 2.76 bits per heavy atom. The maximum atomic E-state index is 13.0. The summed E-state index contributed by atoms with van der Waals surface area (Å²) in [6, 6.07) is 9.69. The van der Waals surface area contributed by atoms with Crippen LogP contribution in [0.2, 0.25) is 0 Å². The second-order valence-electron chi connectivity index (χ2n) is 5.54. The van der Waals surface area contributed by atoms with E-state index in [0.29, 0.717) is 19.7 Å². The van der Waals surface area contributed by atoms with Crippen LogP contribution in [0.15, 0.2) is 30.6 Å². The zero-order valence-corrected chi connectivity index (χ0v) is 13.2. The minimum atomic E-state index is -0.329. The highest BCUT2D eigenvalue weighted by atomic mass is 19.1. The maximum absolute atomic E-state index is 13.0. The lowest BCUT2D eigenvalue weighted by atomic mass is 10.1. The monoisotopic (exact) mass is 339 g/mol. The molecule has 0 bridgehead atoms. The largest absolute Gasteiger partial charge is 0.370 e. The van der Waals surface area contributed by atoms with Crippen molar-refractivity contribution in [3.8, 4) is 12.1 Å². The second-order valence-corrected chi connectivity index (χ2v) is 5.54. The van der Waals surface area contributed by atoms with E-state index in [4.69, 9.17) is 15.3 Å². The van der Waals surface area contributed by atoms with Crippen LogP contribution in [-0.4, -0.2) is 40.1 Å². The third-order valence-corrected chi connectivity index (χ3v) is 4.02. The van der Waals surface area contributed by atoms with Gasteiger partial charge in [-0.15, -0.1) is 0 Å². The predicted octanol–water partition coefficient (Wildman–Crippen LogP) is 1.37. The van der Waals surface area contributed by atoms with E-state index in [1.807, 2.05) is 12.1 Å². The molecule has 0 radical (unpaired) electrons. The molecule has 8 heteroatoms. The average Bonchev–Trinajstić information content (AvgIpc) is 3.04. The summed E-state index contributed by atoms with van der Waals surface area (Å²) in [7, 11) is 0. The quantitative estimate of drug-likeness (QED) is 0.841. The molecule has 0 saturated carbocycles. The Balaban J connectivity index is 1.70. The summed E-state index contributed by atoms with van der Waals surface area (Å²) in [4.78, 5) is 18.0. The normalized spacial score (nSPS) is 16.9. The van der Waals surface area contributed by atoms with Gasteiger partial charge in [0, 0.05) is 6.54 Å². The maximum Gasteiger partial charge on any atom is 0.242 e. The smallest absolute Gasteiger partial charge is 0.242 e. The van der Waals surface area contributed by atoms with Gasteiger partial charge < -0.3 is 14.2 Å². The lowest BCUT2D eigenvalue weighted by Gasteiger charge is -2.33. The molecule has 1 saturated heterocycles. The van der Waals surface area contributed by atoms with Crippen molar-refractivity contribution in [1.82, 2.24) is 14.5 Å². The summed E-state index contributed by atoms with van der Waals surface area (Å²) in [6.45, 7) is 1.06. The van der Waals surface area contributed by atoms with Gasteiger partial charge in [-0.05, 0) is 17.7 Å². The average molecular weight is 339 g/mol. The number of imidazole rings is 1. The molecule has 0 N–H and O–H groups in total. The van der Waals surface area contributed by atoms with Crippen LogP contribution in [0.25, 0.3) is 0 Å². The van der Waals surface area contributed by atoms with E-state index in [-0.39, 0.29) is 35.8 Å². The number of hydrogen-bond acceptors (Lipinski definition) is 5. The molecule has 0 spiro atoms. The number of amides is 1. The van der Waals surface area contributed by atoms with Crippen molar-refractivity contribution in [2.75, 3.05) is 19.7 Å². The van der Waals surface area contributed by atoms with Crippen LogP contribution in [0.4, 0.5) is 4.39 Å². The molecule has 25 heavy (non-hydrogen) atoms. The molecule has 0 aliphatic carbocycles. The zero-order chi connectivity index (χ0) is 17.8. The Morgan fingerprint density at radius 1 is 1.32 bits per heavy atom. The Hall–Kier alpha value is -3.23. The van der Waals surface area contributed by atoms with Crippen molar-refractivity contribution < 1.29 is 13.9 Å². The van der Waals surface area contributed by atoms with Crippen LogP contribution in [0.1, 0.15) is 23.1 Å². The number of nitriles is 2. The lowest BCUT2D eigenvalue weighted by Crippen LogP contribution is -2.43. The standard InChI is InChI=1S/C17H14FN5O2/c18-13-3-1-12(2-4-13)16-9-22(5-6-25-16)17(24)10-23-11-21-14(7-19)15(23)8-20/h1-4,11,16H,5-6,9-10H2/t16-/m1/s1. The topological polar surface area (TPSA) is 94.9 Å². The molecule has 1 atom stereocenters. The van der Waals surface area contributed by atoms with Crippen molar-refractivity contribution in [3.05, 3.63) is 53.4 Å². The van der Waals surface area contributed by atoms with Crippen molar-refractivity contribution in [2.24, 2.45) is 0 Å². The first kappa shape index (κ1) is 16.6. The highest BCUT2D eigenvalue weighted by Gasteiger charge is 2.26. The predicted molar refractivity (Wildman–Crippen MR) is 83.3 cm³/mol. The summed E-state index contributed by atoms with van der Waals surface area (Å²) in [5.41, 5.74) is 0.867. The first-order valence-corrected chi connectivity index (χ1v) is 7.62. The first-order valence-electron chi connectivity index (χ1n) is 7.62. The summed E-state index contributed by atoms with van der Waals surface area (Å²) < 4.78 is 20.1. The molecule has 1 aromatic heterocycles. The number of rotatable bonds is 3. The molecule has 0 unspecified atom stereocenters. The number of nitrogens with zero attached hydrogens (tertiary/aromatic N) is 5. The van der Waals surface area contributed by atoms with Gasteiger partial charge >= 0.3 is 0 Å². The van der Waals surface area contributed by atoms with Crippen molar-refractivity contribution in [3.63, 3.8) is 0 Å². The second kappa shape index (κ2) is 7.12. The first-order chi connectivity index (χ1) is 12.1. The van der Waals surface area contributed by atoms with E-state index in [9.17, 15) is 9.18 Å². The van der Waals surface area contributed by atoms with Crippen LogP contribution in [0.5, 0.6) is 0 Å². The highest BCUT2D eigenvalue weighted by molar-refractivity contribution is 5.76. The number of halogens is 1. The van der Waals surface area contributed by atoms with Gasteiger partial charge in [0.05, 0.1) is 19.5 Å². The summed E-state index contributed by atoms with van der Waals surface area (Å²) in [6.07, 6.45) is 0.985. The van der Waals surface area contributed by atoms with Gasteiger partial charge in [0.15, 0.2) is 11.4 Å². The molecule has 1 aliphatic heterocycles. The van der Waals surface area contributed by atoms with E-state index < -0.39 is 0 Å². The van der Waals surface area contributed by atoms with E-state index in [1.165, 1.54) is 23.0 Å². The zero-order valence-electron chi connectivity index (χ0n) is 13.2. The number of hydrogen-bond donors (Lipinski definition) is 0. The Labute approximate surface area is 143 Å². The summed E-state index contributed by atoms with van der Waals surface area (Å²) in [5, 5.41) is 18.0. The van der Waals surface area contributed by atoms with Crippen molar-refractivity contribution in [2.45, 2.75) is 12.6 Å². The van der Waals surface area contributed by atoms with E-state index in [1.54, 1.807) is 17.0 Å². The molecule has 7 nitrogen and oxygen atoms in total. The lowest BCUT2D eigenvalue weighted by molar-refractivity contribution is -0.139. The Morgan fingerprint density at radius 2 is 2.08 bits per heavy atom. The fourth-order valence-corrected chi connectivity index (χ4v) is 2.70. The molecule has 126 valence electrons. The minimum Gasteiger partial charge on any atom is -0.370 e. The van der Waals surface area contributed by atoms with Gasteiger partial charge in [0.25, 0.3) is 0 Å². The molecule has 1 fully saturated rings. The molecule has 2 heterocycles. The van der Waals surface area contributed by atoms with Gasteiger partial charge in [-0.3, -0.25) is 4.79 Å². The molecule has 3 rings (SSSR count). The van der Waals surface area contributed by atoms with Crippen molar-refractivity contribution >= 4 is 5.91 Å². The van der Waals surface area contributed by atoms with Crippen molar-refractivity contribution in [1.29, 1.82) is 10.5 Å². The molecular formula is C17H14FN5O2.